The topological polar surface area (TPSA) is 32.3 Å². The van der Waals surface area contributed by atoms with Crippen LogP contribution < -0.4 is 5.32 Å². The van der Waals surface area contributed by atoms with E-state index in [1.165, 1.54) is 61.6 Å². The SMILES string of the molecule is Cc1cc(C)c(NC(=O)C2CCCCN2C2CCCCC2)c(C)c1.Cl. The van der Waals surface area contributed by atoms with E-state index in [-0.39, 0.29) is 24.4 Å². The molecule has 2 aliphatic rings. The van der Waals surface area contributed by atoms with Gasteiger partial charge < -0.3 is 5.32 Å². The van der Waals surface area contributed by atoms with Gasteiger partial charge in [-0.25, -0.2) is 0 Å². The smallest absolute Gasteiger partial charge is 0.241 e. The minimum absolute atomic E-state index is 0. The number of nitrogens with one attached hydrogen (secondary N) is 1. The standard InChI is InChI=1S/C21H32N2O.ClH/c1-15-13-16(2)20(17(3)14-15)22-21(24)19-11-7-8-12-23(19)18-9-5-4-6-10-18;/h13-14,18-19H,4-12H2,1-3H3,(H,22,24);1H. The zero-order valence-corrected chi connectivity index (χ0v) is 16.8. The molecule has 1 aliphatic carbocycles. The van der Waals surface area contributed by atoms with Crippen molar-refractivity contribution in [3.8, 4) is 0 Å². The maximum absolute atomic E-state index is 13.1. The van der Waals surface area contributed by atoms with Crippen molar-refractivity contribution < 1.29 is 4.79 Å². The van der Waals surface area contributed by atoms with Gasteiger partial charge in [0, 0.05) is 11.7 Å². The van der Waals surface area contributed by atoms with Gasteiger partial charge in [0.25, 0.3) is 0 Å². The Bertz CT molecular complexity index is 573. The highest BCUT2D eigenvalue weighted by Crippen LogP contribution is 2.30. The van der Waals surface area contributed by atoms with Gasteiger partial charge in [0.05, 0.1) is 6.04 Å². The molecule has 1 saturated carbocycles. The summed E-state index contributed by atoms with van der Waals surface area (Å²) in [6.07, 6.45) is 9.97. The molecule has 1 unspecified atom stereocenters. The van der Waals surface area contributed by atoms with Crippen LogP contribution in [0.2, 0.25) is 0 Å². The monoisotopic (exact) mass is 364 g/mol. The Balaban J connectivity index is 0.00000225. The molecule has 0 bridgehead atoms. The molecule has 1 aliphatic heterocycles. The van der Waals surface area contributed by atoms with Crippen molar-refractivity contribution in [2.24, 2.45) is 0 Å². The van der Waals surface area contributed by atoms with Gasteiger partial charge >= 0.3 is 0 Å². The molecule has 140 valence electrons. The number of amides is 1. The van der Waals surface area contributed by atoms with E-state index in [1.807, 2.05) is 0 Å². The predicted octanol–water partition coefficient (Wildman–Crippen LogP) is 5.16. The van der Waals surface area contributed by atoms with Crippen LogP contribution in [-0.4, -0.2) is 29.4 Å². The number of nitrogens with zero attached hydrogens (tertiary/aromatic N) is 1. The number of benzene rings is 1. The lowest BCUT2D eigenvalue weighted by molar-refractivity contribution is -0.124. The molecule has 2 fully saturated rings. The predicted molar refractivity (Wildman–Crippen MR) is 108 cm³/mol. The Morgan fingerprint density at radius 3 is 2.20 bits per heavy atom. The number of carbonyl (C=O) groups is 1. The van der Waals surface area contributed by atoms with E-state index in [0.29, 0.717) is 6.04 Å². The minimum Gasteiger partial charge on any atom is -0.324 e. The third-order valence-electron chi connectivity index (χ3n) is 5.82. The van der Waals surface area contributed by atoms with E-state index >= 15 is 0 Å². The summed E-state index contributed by atoms with van der Waals surface area (Å²) in [5.41, 5.74) is 4.60. The zero-order valence-electron chi connectivity index (χ0n) is 15.9. The van der Waals surface area contributed by atoms with Crippen molar-refractivity contribution in [3.63, 3.8) is 0 Å². The Kier molecular flexibility index (Phi) is 7.33. The van der Waals surface area contributed by atoms with Crippen molar-refractivity contribution in [1.82, 2.24) is 4.90 Å². The van der Waals surface area contributed by atoms with Gasteiger partial charge in [0.1, 0.15) is 0 Å². The summed E-state index contributed by atoms with van der Waals surface area (Å²) in [7, 11) is 0. The third-order valence-corrected chi connectivity index (χ3v) is 5.82. The highest BCUT2D eigenvalue weighted by Gasteiger charge is 2.34. The second kappa shape index (κ2) is 9.05. The van der Waals surface area contributed by atoms with Crippen LogP contribution in [-0.2, 0) is 4.79 Å². The van der Waals surface area contributed by atoms with Gasteiger partial charge in [0.2, 0.25) is 5.91 Å². The second-order valence-electron chi connectivity index (χ2n) is 7.80. The van der Waals surface area contributed by atoms with Crippen LogP contribution >= 0.6 is 12.4 Å². The summed E-state index contributed by atoms with van der Waals surface area (Å²) < 4.78 is 0. The molecule has 1 atom stereocenters. The number of carbonyl (C=O) groups excluding carboxylic acids is 1. The summed E-state index contributed by atoms with van der Waals surface area (Å²) in [6.45, 7) is 7.39. The molecule has 0 aromatic heterocycles. The largest absolute Gasteiger partial charge is 0.324 e. The van der Waals surface area contributed by atoms with E-state index in [9.17, 15) is 4.79 Å². The molecule has 3 nitrogen and oxygen atoms in total. The molecule has 1 aromatic carbocycles. The normalized spacial score (nSPS) is 22.3. The molecule has 1 aromatic rings. The fraction of sp³-hybridized carbons (Fsp3) is 0.667. The van der Waals surface area contributed by atoms with Crippen LogP contribution in [0.4, 0.5) is 5.69 Å². The number of aryl methyl sites for hydroxylation is 3. The molecule has 1 amide bonds. The molecule has 1 heterocycles. The summed E-state index contributed by atoms with van der Waals surface area (Å²) in [6, 6.07) is 4.99. The lowest BCUT2D eigenvalue weighted by atomic mass is 9.90. The lowest BCUT2D eigenvalue weighted by Gasteiger charge is -2.42. The molecule has 4 heteroatoms. The number of hydrogen-bond donors (Lipinski definition) is 1. The van der Waals surface area contributed by atoms with E-state index < -0.39 is 0 Å². The van der Waals surface area contributed by atoms with Crippen LogP contribution in [0, 0.1) is 20.8 Å². The lowest BCUT2D eigenvalue weighted by Crippen LogP contribution is -2.52. The zero-order chi connectivity index (χ0) is 17.1. The first-order chi connectivity index (χ1) is 11.6. The van der Waals surface area contributed by atoms with Gasteiger partial charge in [0.15, 0.2) is 0 Å². The highest BCUT2D eigenvalue weighted by atomic mass is 35.5. The van der Waals surface area contributed by atoms with Crippen LogP contribution in [0.3, 0.4) is 0 Å². The summed E-state index contributed by atoms with van der Waals surface area (Å²) in [5, 5.41) is 3.26. The minimum atomic E-state index is 0. The molecule has 3 rings (SSSR count). The fourth-order valence-corrected chi connectivity index (χ4v) is 4.67. The van der Waals surface area contributed by atoms with Gasteiger partial charge in [-0.2, -0.15) is 0 Å². The first-order valence-corrected chi connectivity index (χ1v) is 9.70. The molecular formula is C21H33ClN2O. The number of halogens is 1. The quantitative estimate of drug-likeness (QED) is 0.803. The maximum atomic E-state index is 13.1. The molecule has 1 saturated heterocycles. The summed E-state index contributed by atoms with van der Waals surface area (Å²) in [5.74, 6) is 0.204. The maximum Gasteiger partial charge on any atom is 0.241 e. The molecule has 1 N–H and O–H groups in total. The van der Waals surface area contributed by atoms with Gasteiger partial charge in [-0.3, -0.25) is 9.69 Å². The van der Waals surface area contributed by atoms with E-state index in [2.05, 4.69) is 43.1 Å². The van der Waals surface area contributed by atoms with Crippen LogP contribution in [0.25, 0.3) is 0 Å². The molecule has 0 radical (unpaired) electrons. The average molecular weight is 365 g/mol. The first kappa shape index (κ1) is 20.3. The second-order valence-corrected chi connectivity index (χ2v) is 7.80. The Hall–Kier alpha value is -1.06. The van der Waals surface area contributed by atoms with E-state index in [0.717, 1.165) is 18.7 Å². The van der Waals surface area contributed by atoms with Crippen LogP contribution in [0.1, 0.15) is 68.1 Å². The number of likely N-dealkylation sites (tertiary alicyclic amines) is 1. The number of piperidine rings is 1. The van der Waals surface area contributed by atoms with Crippen molar-refractivity contribution in [3.05, 3.63) is 28.8 Å². The number of rotatable bonds is 3. The average Bonchev–Trinajstić information content (AvgIpc) is 2.58. The van der Waals surface area contributed by atoms with Gasteiger partial charge in [-0.05, 0) is 64.1 Å². The molecule has 25 heavy (non-hydrogen) atoms. The Morgan fingerprint density at radius 2 is 1.56 bits per heavy atom. The Morgan fingerprint density at radius 1 is 0.960 bits per heavy atom. The summed E-state index contributed by atoms with van der Waals surface area (Å²) >= 11 is 0. The fourth-order valence-electron chi connectivity index (χ4n) is 4.67. The third kappa shape index (κ3) is 4.77. The van der Waals surface area contributed by atoms with Crippen molar-refractivity contribution in [2.45, 2.75) is 84.2 Å². The van der Waals surface area contributed by atoms with Gasteiger partial charge in [-0.1, -0.05) is 43.4 Å². The van der Waals surface area contributed by atoms with Gasteiger partial charge in [-0.15, -0.1) is 12.4 Å². The summed E-state index contributed by atoms with van der Waals surface area (Å²) in [4.78, 5) is 15.6. The van der Waals surface area contributed by atoms with Crippen LogP contribution in [0.15, 0.2) is 12.1 Å². The molecular weight excluding hydrogens is 332 g/mol. The molecule has 0 spiro atoms. The first-order valence-electron chi connectivity index (χ1n) is 9.70. The Labute approximate surface area is 159 Å². The highest BCUT2D eigenvalue weighted by molar-refractivity contribution is 5.96. The van der Waals surface area contributed by atoms with Crippen LogP contribution in [0.5, 0.6) is 0 Å². The number of anilines is 1. The number of hydrogen-bond acceptors (Lipinski definition) is 2. The van der Waals surface area contributed by atoms with E-state index in [1.54, 1.807) is 0 Å². The van der Waals surface area contributed by atoms with Crippen molar-refractivity contribution in [2.75, 3.05) is 11.9 Å². The van der Waals surface area contributed by atoms with E-state index in [4.69, 9.17) is 0 Å². The van der Waals surface area contributed by atoms with Crippen molar-refractivity contribution >= 4 is 24.0 Å². The van der Waals surface area contributed by atoms with Crippen molar-refractivity contribution in [1.29, 1.82) is 0 Å².